The van der Waals surface area contributed by atoms with E-state index in [-0.39, 0.29) is 17.4 Å². The minimum Gasteiger partial charge on any atom is -0.435 e. The molecular formula is C17H14BrF2N5O2S. The molecule has 2 aromatic carbocycles. The van der Waals surface area contributed by atoms with Crippen molar-refractivity contribution in [1.29, 1.82) is 0 Å². The van der Waals surface area contributed by atoms with E-state index < -0.39 is 6.61 Å². The van der Waals surface area contributed by atoms with Gasteiger partial charge in [-0.2, -0.15) is 8.78 Å². The first kappa shape index (κ1) is 20.1. The fourth-order valence-corrected chi connectivity index (χ4v) is 3.37. The largest absolute Gasteiger partial charge is 0.435 e. The number of hydrogen-bond acceptors (Lipinski definition) is 6. The van der Waals surface area contributed by atoms with Crippen molar-refractivity contribution in [2.45, 2.75) is 11.8 Å². The van der Waals surface area contributed by atoms with Gasteiger partial charge in [-0.3, -0.25) is 4.79 Å². The number of nitrogens with zero attached hydrogens (tertiary/aromatic N) is 3. The summed E-state index contributed by atoms with van der Waals surface area (Å²) in [4.78, 5) is 12.1. The van der Waals surface area contributed by atoms with E-state index >= 15 is 0 Å². The van der Waals surface area contributed by atoms with Crippen molar-refractivity contribution in [2.75, 3.05) is 16.9 Å². The number of nitrogens with two attached hydrogens (primary N) is 1. The van der Waals surface area contributed by atoms with Gasteiger partial charge in [-0.15, -0.1) is 10.2 Å². The van der Waals surface area contributed by atoms with Crippen LogP contribution in [0.3, 0.4) is 0 Å². The lowest BCUT2D eigenvalue weighted by atomic mass is 10.2. The molecule has 28 heavy (non-hydrogen) atoms. The summed E-state index contributed by atoms with van der Waals surface area (Å²) in [7, 11) is 0. The van der Waals surface area contributed by atoms with Gasteiger partial charge in [0.15, 0.2) is 5.82 Å². The lowest BCUT2D eigenvalue weighted by molar-refractivity contribution is -0.113. The van der Waals surface area contributed by atoms with Crippen molar-refractivity contribution < 1.29 is 18.3 Å². The molecule has 146 valence electrons. The number of aromatic nitrogens is 3. The van der Waals surface area contributed by atoms with E-state index in [1.54, 1.807) is 0 Å². The van der Waals surface area contributed by atoms with Gasteiger partial charge < -0.3 is 15.9 Å². The Balaban J connectivity index is 1.59. The van der Waals surface area contributed by atoms with Gasteiger partial charge in [-0.05, 0) is 36.4 Å². The van der Waals surface area contributed by atoms with Gasteiger partial charge in [0.1, 0.15) is 5.75 Å². The Bertz CT molecular complexity index is 968. The van der Waals surface area contributed by atoms with Crippen molar-refractivity contribution in [3.8, 4) is 17.1 Å². The van der Waals surface area contributed by atoms with E-state index in [0.717, 1.165) is 21.8 Å². The summed E-state index contributed by atoms with van der Waals surface area (Å²) in [6.45, 7) is -2.90. The summed E-state index contributed by atoms with van der Waals surface area (Å²) in [6.07, 6.45) is 0. The van der Waals surface area contributed by atoms with Gasteiger partial charge in [0.05, 0.1) is 5.75 Å². The number of rotatable bonds is 7. The number of thioether (sulfide) groups is 1. The predicted molar refractivity (Wildman–Crippen MR) is 106 cm³/mol. The fraction of sp³-hybridized carbons (Fsp3) is 0.118. The molecule has 0 fully saturated rings. The summed E-state index contributed by atoms with van der Waals surface area (Å²) >= 11 is 4.56. The average Bonchev–Trinajstić information content (AvgIpc) is 3.02. The highest BCUT2D eigenvalue weighted by molar-refractivity contribution is 9.10. The highest BCUT2D eigenvalue weighted by Crippen LogP contribution is 2.28. The van der Waals surface area contributed by atoms with Crippen LogP contribution in [-0.2, 0) is 4.79 Å². The molecule has 3 N–H and O–H groups in total. The number of benzene rings is 2. The van der Waals surface area contributed by atoms with E-state index in [4.69, 9.17) is 5.84 Å². The van der Waals surface area contributed by atoms with Crippen molar-refractivity contribution in [3.05, 3.63) is 53.0 Å². The number of nitrogen functional groups attached to an aromatic ring is 1. The Morgan fingerprint density at radius 1 is 1.21 bits per heavy atom. The van der Waals surface area contributed by atoms with Crippen LogP contribution in [0.4, 0.5) is 14.5 Å². The zero-order valence-corrected chi connectivity index (χ0v) is 16.6. The highest BCUT2D eigenvalue weighted by atomic mass is 79.9. The number of halogens is 3. The number of amides is 1. The second kappa shape index (κ2) is 9.02. The number of nitrogens with one attached hydrogen (secondary N) is 1. The van der Waals surface area contributed by atoms with Crippen LogP contribution in [0.5, 0.6) is 5.75 Å². The Morgan fingerprint density at radius 3 is 2.61 bits per heavy atom. The molecule has 7 nitrogen and oxygen atoms in total. The van der Waals surface area contributed by atoms with Crippen molar-refractivity contribution in [2.24, 2.45) is 0 Å². The second-order valence-electron chi connectivity index (χ2n) is 5.40. The molecule has 1 heterocycles. The Hall–Kier alpha value is -2.66. The van der Waals surface area contributed by atoms with E-state index in [9.17, 15) is 13.6 Å². The lowest BCUT2D eigenvalue weighted by Crippen LogP contribution is -2.16. The maximum absolute atomic E-state index is 12.1. The molecule has 0 aliphatic carbocycles. The zero-order chi connectivity index (χ0) is 20.1. The monoisotopic (exact) mass is 469 g/mol. The zero-order valence-electron chi connectivity index (χ0n) is 14.2. The van der Waals surface area contributed by atoms with Gasteiger partial charge >= 0.3 is 6.61 Å². The molecule has 0 unspecified atom stereocenters. The molecule has 1 amide bonds. The molecule has 0 saturated carbocycles. The molecule has 0 aliphatic heterocycles. The number of alkyl halides is 2. The standard InChI is InChI=1S/C17H14BrF2N5O2S/c18-13-4-2-1-3-12(13)15-23-24-17(25(15)21)28-9-14(26)22-10-5-7-11(8-6-10)27-16(19)20/h1-8,16H,9,21H2,(H,22,26). The minimum absolute atomic E-state index is 0.0122. The molecule has 0 aliphatic rings. The summed E-state index contributed by atoms with van der Waals surface area (Å²) in [5.41, 5.74) is 1.23. The molecule has 0 spiro atoms. The quantitative estimate of drug-likeness (QED) is 0.404. The van der Waals surface area contributed by atoms with Crippen LogP contribution < -0.4 is 15.9 Å². The average molecular weight is 470 g/mol. The number of ether oxygens (including phenoxy) is 1. The van der Waals surface area contributed by atoms with Gasteiger partial charge in [-0.1, -0.05) is 39.8 Å². The van der Waals surface area contributed by atoms with Crippen molar-refractivity contribution in [3.63, 3.8) is 0 Å². The SMILES string of the molecule is Nn1c(SCC(=O)Nc2ccc(OC(F)F)cc2)nnc1-c1ccccc1Br. The normalized spacial score (nSPS) is 10.9. The first-order chi connectivity index (χ1) is 13.4. The summed E-state index contributed by atoms with van der Waals surface area (Å²) < 4.78 is 30.7. The molecule has 0 atom stereocenters. The third-order valence-electron chi connectivity index (χ3n) is 3.47. The van der Waals surface area contributed by atoms with E-state index in [1.807, 2.05) is 24.3 Å². The first-order valence-corrected chi connectivity index (χ1v) is 9.65. The van der Waals surface area contributed by atoms with Gasteiger partial charge in [0, 0.05) is 15.7 Å². The number of hydrogen-bond donors (Lipinski definition) is 2. The Morgan fingerprint density at radius 2 is 1.93 bits per heavy atom. The molecule has 0 radical (unpaired) electrons. The molecular weight excluding hydrogens is 456 g/mol. The van der Waals surface area contributed by atoms with Crippen LogP contribution in [0.2, 0.25) is 0 Å². The maximum Gasteiger partial charge on any atom is 0.387 e. The van der Waals surface area contributed by atoms with Gasteiger partial charge in [0.2, 0.25) is 11.1 Å². The predicted octanol–water partition coefficient (Wildman–Crippen LogP) is 3.75. The molecule has 3 rings (SSSR count). The third-order valence-corrected chi connectivity index (χ3v) is 5.11. The molecule has 1 aromatic heterocycles. The fourth-order valence-electron chi connectivity index (χ4n) is 2.25. The van der Waals surface area contributed by atoms with Crippen molar-refractivity contribution in [1.82, 2.24) is 14.9 Å². The molecule has 0 bridgehead atoms. The minimum atomic E-state index is -2.90. The second-order valence-corrected chi connectivity index (χ2v) is 7.19. The molecule has 11 heteroatoms. The number of anilines is 1. The molecule has 3 aromatic rings. The van der Waals surface area contributed by atoms with E-state index in [1.165, 1.54) is 28.9 Å². The van der Waals surface area contributed by atoms with Crippen LogP contribution in [-0.4, -0.2) is 33.1 Å². The van der Waals surface area contributed by atoms with Gasteiger partial charge in [-0.25, -0.2) is 4.68 Å². The van der Waals surface area contributed by atoms with Crippen LogP contribution in [0.15, 0.2) is 58.2 Å². The Labute approximate surface area is 171 Å². The van der Waals surface area contributed by atoms with Crippen LogP contribution in [0.1, 0.15) is 0 Å². The van der Waals surface area contributed by atoms with E-state index in [2.05, 4.69) is 36.2 Å². The van der Waals surface area contributed by atoms with Crippen LogP contribution >= 0.6 is 27.7 Å². The molecule has 0 saturated heterocycles. The summed E-state index contributed by atoms with van der Waals surface area (Å²) in [5.74, 6) is 6.25. The third kappa shape index (κ3) is 4.98. The first-order valence-electron chi connectivity index (χ1n) is 7.87. The smallest absolute Gasteiger partial charge is 0.387 e. The maximum atomic E-state index is 12.1. The summed E-state index contributed by atoms with van der Waals surface area (Å²) in [5, 5.41) is 11.1. The number of carbonyl (C=O) groups is 1. The number of carbonyl (C=O) groups excluding carboxylic acids is 1. The van der Waals surface area contributed by atoms with Crippen LogP contribution in [0.25, 0.3) is 11.4 Å². The highest BCUT2D eigenvalue weighted by Gasteiger charge is 2.15. The van der Waals surface area contributed by atoms with Gasteiger partial charge in [0.25, 0.3) is 0 Å². The Kier molecular flexibility index (Phi) is 6.47. The lowest BCUT2D eigenvalue weighted by Gasteiger charge is -2.08. The van der Waals surface area contributed by atoms with Crippen molar-refractivity contribution >= 4 is 39.3 Å². The topological polar surface area (TPSA) is 95.1 Å². The van der Waals surface area contributed by atoms with E-state index in [0.29, 0.717) is 16.7 Å². The summed E-state index contributed by atoms with van der Waals surface area (Å²) in [6, 6.07) is 13.1. The van der Waals surface area contributed by atoms with Crippen LogP contribution in [0, 0.1) is 0 Å².